The Morgan fingerprint density at radius 3 is 0.698 bits per heavy atom. The Morgan fingerprint density at radius 1 is 0.256 bits per heavy atom. The molecule has 0 atom stereocenters. The fourth-order valence-electron chi connectivity index (χ4n) is 6.05. The van der Waals surface area contributed by atoms with Crippen LogP contribution in [0.3, 0.4) is 0 Å². The van der Waals surface area contributed by atoms with Gasteiger partial charge in [-0.1, -0.05) is 206 Å². The molecular weight excluding hydrogens is 545 g/mol. The van der Waals surface area contributed by atoms with Crippen molar-refractivity contribution in [3.63, 3.8) is 0 Å². The molecule has 0 aliphatic rings. The van der Waals surface area contributed by atoms with Crippen LogP contribution >= 0.6 is 11.8 Å². The van der Waals surface area contributed by atoms with E-state index < -0.39 is 0 Å². The fourth-order valence-corrected chi connectivity index (χ4v) is 6.72. The van der Waals surface area contributed by atoms with Crippen molar-refractivity contribution in [2.24, 2.45) is 0 Å². The highest BCUT2D eigenvalue weighted by atomic mass is 32.2. The summed E-state index contributed by atoms with van der Waals surface area (Å²) in [4.78, 5) is 0. The second-order valence-corrected chi connectivity index (χ2v) is 14.7. The molecule has 0 fully saturated rings. The van der Waals surface area contributed by atoms with E-state index in [1.807, 2.05) is 11.8 Å². The van der Waals surface area contributed by atoms with Crippen LogP contribution in [0.15, 0.2) is 0 Å². The van der Waals surface area contributed by atoms with Crippen molar-refractivity contribution in [2.75, 3.05) is 37.9 Å². The van der Waals surface area contributed by atoms with Crippen LogP contribution in [0.4, 0.5) is 0 Å². The summed E-state index contributed by atoms with van der Waals surface area (Å²) in [5.41, 5.74) is 0. The van der Waals surface area contributed by atoms with Gasteiger partial charge in [0, 0.05) is 24.7 Å². The summed E-state index contributed by atoms with van der Waals surface area (Å²) in [6.45, 7) is 8.32. The summed E-state index contributed by atoms with van der Waals surface area (Å²) in [7, 11) is 0. The second kappa shape index (κ2) is 42.3. The average Bonchev–Trinajstić information content (AvgIpc) is 3.02. The van der Waals surface area contributed by atoms with E-state index in [0.29, 0.717) is 0 Å². The Bertz CT molecular complexity index is 418. The predicted octanol–water partition coefficient (Wildman–Crippen LogP) is 14.3. The summed E-state index contributed by atoms with van der Waals surface area (Å²) < 4.78 is 11.7. The van der Waals surface area contributed by atoms with Crippen molar-refractivity contribution < 1.29 is 9.47 Å². The van der Waals surface area contributed by atoms with Crippen LogP contribution in [0, 0.1) is 0 Å². The number of ether oxygens (including phenoxy) is 2. The van der Waals surface area contributed by atoms with E-state index >= 15 is 0 Å². The van der Waals surface area contributed by atoms with Gasteiger partial charge in [0.05, 0.1) is 13.2 Å². The first kappa shape index (κ1) is 43.3. The lowest BCUT2D eigenvalue weighted by Crippen LogP contribution is -2.03. The van der Waals surface area contributed by atoms with Gasteiger partial charge < -0.3 is 9.47 Å². The van der Waals surface area contributed by atoms with Crippen LogP contribution in [0.1, 0.15) is 219 Å². The van der Waals surface area contributed by atoms with E-state index in [2.05, 4.69) is 13.8 Å². The Labute approximate surface area is 277 Å². The van der Waals surface area contributed by atoms with Crippen molar-refractivity contribution in [2.45, 2.75) is 219 Å². The molecule has 0 aliphatic carbocycles. The molecule has 0 unspecified atom stereocenters. The Hall–Kier alpha value is 0.270. The molecule has 3 heteroatoms. The highest BCUT2D eigenvalue weighted by Gasteiger charge is 1.97. The lowest BCUT2D eigenvalue weighted by Gasteiger charge is -2.06. The first-order chi connectivity index (χ1) is 21.4. The number of hydrogen-bond donors (Lipinski definition) is 0. The van der Waals surface area contributed by atoms with Gasteiger partial charge in [0.15, 0.2) is 0 Å². The van der Waals surface area contributed by atoms with E-state index in [9.17, 15) is 0 Å². The van der Waals surface area contributed by atoms with Crippen molar-refractivity contribution >= 4 is 11.8 Å². The van der Waals surface area contributed by atoms with Crippen molar-refractivity contribution in [1.29, 1.82) is 0 Å². The van der Waals surface area contributed by atoms with E-state index in [1.165, 1.54) is 205 Å². The van der Waals surface area contributed by atoms with Crippen LogP contribution in [0.2, 0.25) is 0 Å². The monoisotopic (exact) mass is 627 g/mol. The molecule has 260 valence electrons. The van der Waals surface area contributed by atoms with Gasteiger partial charge in [0.25, 0.3) is 0 Å². The minimum absolute atomic E-state index is 0.905. The van der Waals surface area contributed by atoms with E-state index in [0.717, 1.165) is 37.9 Å². The highest BCUT2D eigenvalue weighted by molar-refractivity contribution is 7.99. The van der Waals surface area contributed by atoms with Gasteiger partial charge >= 0.3 is 0 Å². The van der Waals surface area contributed by atoms with Gasteiger partial charge in [0.2, 0.25) is 0 Å². The third-order valence-corrected chi connectivity index (χ3v) is 9.94. The zero-order valence-electron chi connectivity index (χ0n) is 30.1. The molecule has 0 amide bonds. The minimum atomic E-state index is 0.905. The number of unbranched alkanes of at least 4 members (excludes halogenated alkanes) is 30. The van der Waals surface area contributed by atoms with E-state index in [1.54, 1.807) is 0 Å². The number of hydrogen-bond acceptors (Lipinski definition) is 3. The van der Waals surface area contributed by atoms with Gasteiger partial charge in [-0.3, -0.25) is 0 Å². The molecule has 0 rings (SSSR count). The second-order valence-electron chi connectivity index (χ2n) is 13.4. The van der Waals surface area contributed by atoms with Crippen molar-refractivity contribution in [1.82, 2.24) is 0 Å². The zero-order chi connectivity index (χ0) is 31.0. The first-order valence-electron chi connectivity index (χ1n) is 20.1. The van der Waals surface area contributed by atoms with Crippen molar-refractivity contribution in [3.05, 3.63) is 0 Å². The Balaban J connectivity index is 3.02. The largest absolute Gasteiger partial charge is 0.381 e. The first-order valence-corrected chi connectivity index (χ1v) is 21.3. The molecule has 0 aromatic rings. The average molecular weight is 627 g/mol. The summed E-state index contributed by atoms with van der Waals surface area (Å²) >= 11 is 1.98. The Kier molecular flexibility index (Phi) is 42.5. The molecule has 0 heterocycles. The van der Waals surface area contributed by atoms with Crippen LogP contribution in [-0.2, 0) is 9.47 Å². The van der Waals surface area contributed by atoms with Crippen LogP contribution in [-0.4, -0.2) is 37.9 Å². The molecular formula is C40H82O2S. The molecule has 0 radical (unpaired) electrons. The SMILES string of the molecule is CCCCCCCCCCCCCCCCCCOCCSCCOCCCCCCCCCCCCCCCCCC. The van der Waals surface area contributed by atoms with Crippen molar-refractivity contribution in [3.8, 4) is 0 Å². The molecule has 0 aromatic carbocycles. The van der Waals surface area contributed by atoms with Crippen LogP contribution in [0.25, 0.3) is 0 Å². The van der Waals surface area contributed by atoms with Gasteiger partial charge in [-0.15, -0.1) is 0 Å². The van der Waals surface area contributed by atoms with Gasteiger partial charge in [-0.2, -0.15) is 11.8 Å². The number of thioether (sulfide) groups is 1. The maximum Gasteiger partial charge on any atom is 0.0556 e. The molecule has 0 saturated heterocycles. The molecule has 0 aromatic heterocycles. The molecule has 43 heavy (non-hydrogen) atoms. The summed E-state index contributed by atoms with van der Waals surface area (Å²) in [6.07, 6.45) is 45.6. The summed E-state index contributed by atoms with van der Waals surface area (Å²) in [6, 6.07) is 0. The quantitative estimate of drug-likeness (QED) is 0.0630. The lowest BCUT2D eigenvalue weighted by molar-refractivity contribution is 0.142. The van der Waals surface area contributed by atoms with Gasteiger partial charge in [-0.05, 0) is 12.8 Å². The minimum Gasteiger partial charge on any atom is -0.381 e. The molecule has 2 nitrogen and oxygen atoms in total. The molecule has 0 spiro atoms. The maximum absolute atomic E-state index is 5.83. The molecule has 0 N–H and O–H groups in total. The summed E-state index contributed by atoms with van der Waals surface area (Å²) in [5.74, 6) is 2.22. The third kappa shape index (κ3) is 42.3. The topological polar surface area (TPSA) is 18.5 Å². The standard InChI is InChI=1S/C40H82O2S/c1-3-5-7-9-11-13-15-17-19-21-23-25-27-29-31-33-35-41-37-39-43-40-38-42-36-34-32-30-28-26-24-22-20-18-16-14-12-10-8-6-4-2/h3-40H2,1-2H3. The number of rotatable bonds is 40. The normalized spacial score (nSPS) is 11.6. The Morgan fingerprint density at radius 2 is 0.465 bits per heavy atom. The molecule has 0 saturated carbocycles. The fraction of sp³-hybridized carbons (Fsp3) is 1.00. The third-order valence-electron chi connectivity index (χ3n) is 9.03. The molecule has 0 bridgehead atoms. The summed E-state index contributed by atoms with van der Waals surface area (Å²) in [5, 5.41) is 0. The zero-order valence-corrected chi connectivity index (χ0v) is 30.9. The van der Waals surface area contributed by atoms with Gasteiger partial charge in [-0.25, -0.2) is 0 Å². The van der Waals surface area contributed by atoms with Crippen LogP contribution < -0.4 is 0 Å². The lowest BCUT2D eigenvalue weighted by atomic mass is 10.0. The van der Waals surface area contributed by atoms with Gasteiger partial charge in [0.1, 0.15) is 0 Å². The van der Waals surface area contributed by atoms with E-state index in [4.69, 9.17) is 9.47 Å². The van der Waals surface area contributed by atoms with E-state index in [-0.39, 0.29) is 0 Å². The highest BCUT2D eigenvalue weighted by Crippen LogP contribution is 2.15. The van der Waals surface area contributed by atoms with Crippen LogP contribution in [0.5, 0.6) is 0 Å². The molecule has 0 aliphatic heterocycles. The smallest absolute Gasteiger partial charge is 0.0556 e. The maximum atomic E-state index is 5.83. The predicted molar refractivity (Wildman–Crippen MR) is 198 cm³/mol.